The fourth-order valence-electron chi connectivity index (χ4n) is 2.62. The molecule has 6 nitrogen and oxygen atoms in total. The van der Waals surface area contributed by atoms with Gasteiger partial charge in [-0.15, -0.1) is 22.7 Å². The second-order valence-electron chi connectivity index (χ2n) is 5.80. The van der Waals surface area contributed by atoms with Crippen molar-refractivity contribution in [2.75, 3.05) is 11.9 Å². The molecule has 0 radical (unpaired) electrons. The van der Waals surface area contributed by atoms with E-state index in [-0.39, 0.29) is 24.5 Å². The molecule has 1 atom stereocenters. The molecule has 2 N–H and O–H groups in total. The standard InChI is InChI=1S/C18H15N3O3S2/c1-10(11-4-5-14-12(7-11)20-16(22)8-24-14)19-17(23)13-9-26-18(21-13)15-3-2-6-25-15/h2-7,9-10H,8H2,1H3,(H,19,23)(H,20,22). The lowest BCUT2D eigenvalue weighted by molar-refractivity contribution is -0.118. The summed E-state index contributed by atoms with van der Waals surface area (Å²) in [7, 11) is 0. The Morgan fingerprint density at radius 3 is 3.04 bits per heavy atom. The van der Waals surface area contributed by atoms with E-state index in [1.807, 2.05) is 36.6 Å². The largest absolute Gasteiger partial charge is 0.482 e. The van der Waals surface area contributed by atoms with Crippen molar-refractivity contribution >= 4 is 40.2 Å². The smallest absolute Gasteiger partial charge is 0.271 e. The number of nitrogens with one attached hydrogen (secondary N) is 2. The van der Waals surface area contributed by atoms with Crippen LogP contribution in [0.1, 0.15) is 29.0 Å². The van der Waals surface area contributed by atoms with E-state index in [1.165, 1.54) is 11.3 Å². The molecule has 0 saturated carbocycles. The number of benzene rings is 1. The van der Waals surface area contributed by atoms with Gasteiger partial charge in [0.1, 0.15) is 16.5 Å². The van der Waals surface area contributed by atoms with Crippen molar-refractivity contribution in [3.63, 3.8) is 0 Å². The molecule has 4 rings (SSSR count). The Bertz CT molecular complexity index is 966. The van der Waals surface area contributed by atoms with Gasteiger partial charge in [0.2, 0.25) is 0 Å². The second kappa shape index (κ2) is 6.89. The quantitative estimate of drug-likeness (QED) is 0.718. The Balaban J connectivity index is 1.48. The number of nitrogens with zero attached hydrogens (tertiary/aromatic N) is 1. The molecule has 0 fully saturated rings. The van der Waals surface area contributed by atoms with Crippen molar-refractivity contribution in [3.8, 4) is 15.6 Å². The fraction of sp³-hybridized carbons (Fsp3) is 0.167. The molecule has 3 aromatic rings. The maximum absolute atomic E-state index is 12.5. The first kappa shape index (κ1) is 16.7. The molecule has 8 heteroatoms. The molecule has 0 saturated heterocycles. The normalized spacial score (nSPS) is 14.1. The first-order valence-corrected chi connectivity index (χ1v) is 9.73. The molecule has 1 aromatic carbocycles. The number of fused-ring (bicyclic) bond motifs is 1. The number of aromatic nitrogens is 1. The van der Waals surface area contributed by atoms with Crippen LogP contribution in [0.2, 0.25) is 0 Å². The van der Waals surface area contributed by atoms with E-state index in [2.05, 4.69) is 15.6 Å². The number of carbonyl (C=O) groups is 2. The molecule has 3 heterocycles. The van der Waals surface area contributed by atoms with Crippen LogP contribution in [0.25, 0.3) is 9.88 Å². The van der Waals surface area contributed by atoms with E-state index >= 15 is 0 Å². The minimum absolute atomic E-state index is 0.0229. The molecule has 2 aromatic heterocycles. The molecule has 0 aliphatic carbocycles. The van der Waals surface area contributed by atoms with Crippen LogP contribution in [0.4, 0.5) is 5.69 Å². The number of carbonyl (C=O) groups excluding carboxylic acids is 2. The van der Waals surface area contributed by atoms with Gasteiger partial charge in [0, 0.05) is 5.38 Å². The summed E-state index contributed by atoms with van der Waals surface area (Å²) in [5.41, 5.74) is 1.89. The molecule has 1 aliphatic rings. The molecule has 1 unspecified atom stereocenters. The Labute approximate surface area is 157 Å². The van der Waals surface area contributed by atoms with Crippen LogP contribution in [-0.2, 0) is 4.79 Å². The molecule has 0 bridgehead atoms. The molecule has 132 valence electrons. The number of ether oxygens (including phenoxy) is 1. The van der Waals surface area contributed by atoms with Gasteiger partial charge in [0.15, 0.2) is 6.61 Å². The zero-order valence-corrected chi connectivity index (χ0v) is 15.4. The lowest BCUT2D eigenvalue weighted by atomic mass is 10.1. The van der Waals surface area contributed by atoms with Gasteiger partial charge in [-0.3, -0.25) is 9.59 Å². The molecule has 0 spiro atoms. The zero-order valence-electron chi connectivity index (χ0n) is 13.8. The van der Waals surface area contributed by atoms with Crippen molar-refractivity contribution in [2.45, 2.75) is 13.0 Å². The van der Waals surface area contributed by atoms with E-state index in [0.29, 0.717) is 17.1 Å². The van der Waals surface area contributed by atoms with Crippen molar-refractivity contribution in [3.05, 3.63) is 52.3 Å². The Kier molecular flexibility index (Phi) is 4.44. The van der Waals surface area contributed by atoms with Crippen LogP contribution < -0.4 is 15.4 Å². The number of hydrogen-bond donors (Lipinski definition) is 2. The van der Waals surface area contributed by atoms with Gasteiger partial charge >= 0.3 is 0 Å². The second-order valence-corrected chi connectivity index (χ2v) is 7.61. The number of rotatable bonds is 4. The SMILES string of the molecule is CC(NC(=O)c1csc(-c2cccs2)n1)c1ccc2c(c1)NC(=O)CO2. The summed E-state index contributed by atoms with van der Waals surface area (Å²) in [5.74, 6) is 0.219. The van der Waals surface area contributed by atoms with Gasteiger partial charge < -0.3 is 15.4 Å². The van der Waals surface area contributed by atoms with E-state index in [0.717, 1.165) is 15.4 Å². The fourth-order valence-corrected chi connectivity index (χ4v) is 4.23. The molecule has 26 heavy (non-hydrogen) atoms. The lowest BCUT2D eigenvalue weighted by Crippen LogP contribution is -2.28. The highest BCUT2D eigenvalue weighted by atomic mass is 32.1. The van der Waals surface area contributed by atoms with Crippen molar-refractivity contribution < 1.29 is 14.3 Å². The number of hydrogen-bond acceptors (Lipinski definition) is 6. The van der Waals surface area contributed by atoms with Crippen LogP contribution in [0.15, 0.2) is 41.1 Å². The van der Waals surface area contributed by atoms with E-state index < -0.39 is 0 Å². The Morgan fingerprint density at radius 1 is 1.35 bits per heavy atom. The summed E-state index contributed by atoms with van der Waals surface area (Å²) >= 11 is 3.05. The third kappa shape index (κ3) is 3.33. The third-order valence-corrected chi connectivity index (χ3v) is 5.83. The number of amides is 2. The molecular weight excluding hydrogens is 370 g/mol. The predicted molar refractivity (Wildman–Crippen MR) is 102 cm³/mol. The third-order valence-electron chi connectivity index (χ3n) is 3.95. The number of thiazole rings is 1. The van der Waals surface area contributed by atoms with E-state index in [9.17, 15) is 9.59 Å². The average molecular weight is 385 g/mol. The van der Waals surface area contributed by atoms with Crippen molar-refractivity contribution in [1.82, 2.24) is 10.3 Å². The van der Waals surface area contributed by atoms with Gasteiger partial charge in [-0.05, 0) is 36.1 Å². The van der Waals surface area contributed by atoms with Gasteiger partial charge in [0.25, 0.3) is 11.8 Å². The van der Waals surface area contributed by atoms with Gasteiger partial charge in [0.05, 0.1) is 16.6 Å². The maximum Gasteiger partial charge on any atom is 0.271 e. The molecular formula is C18H15N3O3S2. The van der Waals surface area contributed by atoms with Crippen molar-refractivity contribution in [1.29, 1.82) is 0 Å². The summed E-state index contributed by atoms with van der Waals surface area (Å²) in [6.45, 7) is 1.91. The summed E-state index contributed by atoms with van der Waals surface area (Å²) < 4.78 is 5.35. The number of anilines is 1. The van der Waals surface area contributed by atoms with Crippen LogP contribution in [0.5, 0.6) is 5.75 Å². The Hall–Kier alpha value is -2.71. The average Bonchev–Trinajstić information content (AvgIpc) is 3.32. The predicted octanol–water partition coefficient (Wildman–Crippen LogP) is 3.69. The first-order chi connectivity index (χ1) is 12.6. The first-order valence-electron chi connectivity index (χ1n) is 7.97. The monoisotopic (exact) mass is 385 g/mol. The topological polar surface area (TPSA) is 80.3 Å². The van der Waals surface area contributed by atoms with Crippen LogP contribution in [-0.4, -0.2) is 23.4 Å². The van der Waals surface area contributed by atoms with Gasteiger partial charge in [-0.1, -0.05) is 12.1 Å². The van der Waals surface area contributed by atoms with Crippen LogP contribution >= 0.6 is 22.7 Å². The zero-order chi connectivity index (χ0) is 18.1. The maximum atomic E-state index is 12.5. The van der Waals surface area contributed by atoms with Crippen molar-refractivity contribution in [2.24, 2.45) is 0 Å². The van der Waals surface area contributed by atoms with E-state index in [1.54, 1.807) is 22.8 Å². The summed E-state index contributed by atoms with van der Waals surface area (Å²) in [6.07, 6.45) is 0. The van der Waals surface area contributed by atoms with Crippen LogP contribution in [0, 0.1) is 0 Å². The highest BCUT2D eigenvalue weighted by Gasteiger charge is 2.19. The van der Waals surface area contributed by atoms with E-state index in [4.69, 9.17) is 4.74 Å². The highest BCUT2D eigenvalue weighted by Crippen LogP contribution is 2.31. The minimum Gasteiger partial charge on any atom is -0.482 e. The minimum atomic E-state index is -0.237. The Morgan fingerprint density at radius 2 is 2.23 bits per heavy atom. The molecule has 2 amide bonds. The van der Waals surface area contributed by atoms with Gasteiger partial charge in [-0.2, -0.15) is 0 Å². The summed E-state index contributed by atoms with van der Waals surface area (Å²) in [5, 5.41) is 10.3. The molecule has 1 aliphatic heterocycles. The summed E-state index contributed by atoms with van der Waals surface area (Å²) in [6, 6.07) is 9.19. The van der Waals surface area contributed by atoms with Crippen LogP contribution in [0.3, 0.4) is 0 Å². The van der Waals surface area contributed by atoms with Gasteiger partial charge in [-0.25, -0.2) is 4.98 Å². The highest BCUT2D eigenvalue weighted by molar-refractivity contribution is 7.20. The number of thiophene rings is 1. The lowest BCUT2D eigenvalue weighted by Gasteiger charge is -2.20. The summed E-state index contributed by atoms with van der Waals surface area (Å²) in [4.78, 5) is 29.4.